The van der Waals surface area contributed by atoms with Gasteiger partial charge in [0.05, 0.1) is 16.7 Å². The highest BCUT2D eigenvalue weighted by Gasteiger charge is 2.51. The van der Waals surface area contributed by atoms with E-state index in [1.54, 1.807) is 0 Å². The predicted octanol–water partition coefficient (Wildman–Crippen LogP) is 4.07. The van der Waals surface area contributed by atoms with Crippen LogP contribution in [0.1, 0.15) is 45.6 Å². The number of hydrazone groups is 1. The van der Waals surface area contributed by atoms with Crippen LogP contribution in [0.2, 0.25) is 0 Å². The fourth-order valence-corrected chi connectivity index (χ4v) is 6.20. The second kappa shape index (κ2) is 5.56. The minimum absolute atomic E-state index is 0.00671. The zero-order chi connectivity index (χ0) is 17.8. The van der Waals surface area contributed by atoms with Gasteiger partial charge in [0.1, 0.15) is 0 Å². The van der Waals surface area contributed by atoms with Crippen molar-refractivity contribution < 1.29 is 8.42 Å². The molecule has 0 N–H and O–H groups in total. The monoisotopic (exact) mass is 356 g/mol. The number of benzene rings is 1. The average molecular weight is 356 g/mol. The van der Waals surface area contributed by atoms with Gasteiger partial charge >= 0.3 is 0 Å². The van der Waals surface area contributed by atoms with E-state index in [2.05, 4.69) is 31.9 Å². The van der Waals surface area contributed by atoms with E-state index in [0.717, 1.165) is 24.1 Å². The molecule has 0 saturated carbocycles. The minimum Gasteiger partial charge on any atom is -0.200 e. The number of fused-ring (bicyclic) bond motifs is 2. The van der Waals surface area contributed by atoms with Crippen LogP contribution in [0.25, 0.3) is 0 Å². The summed E-state index contributed by atoms with van der Waals surface area (Å²) in [5.41, 5.74) is 2.94. The Kier molecular flexibility index (Phi) is 3.69. The summed E-state index contributed by atoms with van der Waals surface area (Å²) in [6.45, 7) is 6.39. The number of rotatable bonds is 1. The van der Waals surface area contributed by atoms with Crippen molar-refractivity contribution in [2.75, 3.05) is 0 Å². The van der Waals surface area contributed by atoms with Crippen molar-refractivity contribution in [1.29, 1.82) is 0 Å². The van der Waals surface area contributed by atoms with Gasteiger partial charge < -0.3 is 0 Å². The normalized spacial score (nSPS) is 29.7. The van der Waals surface area contributed by atoms with Gasteiger partial charge in [0.2, 0.25) is 0 Å². The molecule has 1 fully saturated rings. The summed E-state index contributed by atoms with van der Waals surface area (Å²) >= 11 is 0. The summed E-state index contributed by atoms with van der Waals surface area (Å²) < 4.78 is 28.0. The van der Waals surface area contributed by atoms with Crippen LogP contribution in [0.5, 0.6) is 0 Å². The largest absolute Gasteiger partial charge is 0.275 e. The van der Waals surface area contributed by atoms with Crippen LogP contribution in [0.4, 0.5) is 0 Å². The Labute approximate surface area is 150 Å². The third-order valence-electron chi connectivity index (χ3n) is 5.62. The maximum absolute atomic E-state index is 13.3. The van der Waals surface area contributed by atoms with Crippen molar-refractivity contribution in [2.45, 2.75) is 46.1 Å². The zero-order valence-corrected chi connectivity index (χ0v) is 15.8. The molecule has 0 spiro atoms. The van der Waals surface area contributed by atoms with Crippen molar-refractivity contribution in [1.82, 2.24) is 4.41 Å². The molecule has 25 heavy (non-hydrogen) atoms. The topological polar surface area (TPSA) is 49.7 Å². The highest BCUT2D eigenvalue weighted by molar-refractivity contribution is 7.93. The summed E-state index contributed by atoms with van der Waals surface area (Å²) in [5.74, 6) is -0.00671. The molecule has 0 radical (unpaired) electrons. The molecule has 0 unspecified atom stereocenters. The number of hydrogen-bond donors (Lipinski definition) is 0. The molecule has 2 aliphatic heterocycles. The van der Waals surface area contributed by atoms with E-state index in [9.17, 15) is 8.42 Å². The number of allylic oxidation sites excluding steroid dienone is 4. The molecule has 1 aromatic carbocycles. The molecule has 2 atom stereocenters. The van der Waals surface area contributed by atoms with Gasteiger partial charge in [-0.05, 0) is 37.2 Å². The van der Waals surface area contributed by atoms with E-state index < -0.39 is 10.0 Å². The van der Waals surface area contributed by atoms with E-state index >= 15 is 0 Å². The maximum atomic E-state index is 13.3. The molecule has 132 valence electrons. The molecule has 5 heteroatoms. The molecular formula is C20H24N2O2S. The van der Waals surface area contributed by atoms with Gasteiger partial charge in [-0.15, -0.1) is 0 Å². The molecule has 1 aromatic rings. The van der Waals surface area contributed by atoms with Gasteiger partial charge in [-0.25, -0.2) is 0 Å². The molecule has 4 rings (SSSR count). The summed E-state index contributed by atoms with van der Waals surface area (Å²) in [6, 6.07) is 9.80. The van der Waals surface area contributed by atoms with Crippen LogP contribution in [0.15, 0.2) is 58.1 Å². The van der Waals surface area contributed by atoms with Crippen LogP contribution in [0.3, 0.4) is 0 Å². The lowest BCUT2D eigenvalue weighted by Crippen LogP contribution is -2.54. The first-order valence-corrected chi connectivity index (χ1v) is 10.3. The van der Waals surface area contributed by atoms with Gasteiger partial charge in [0.25, 0.3) is 10.0 Å². The van der Waals surface area contributed by atoms with Crippen molar-refractivity contribution in [3.8, 4) is 0 Å². The van der Waals surface area contributed by atoms with Crippen molar-refractivity contribution in [2.24, 2.45) is 16.4 Å². The Balaban J connectivity index is 1.83. The van der Waals surface area contributed by atoms with Crippen LogP contribution in [-0.2, 0) is 10.0 Å². The molecule has 2 heterocycles. The first-order valence-electron chi connectivity index (χ1n) is 8.84. The summed E-state index contributed by atoms with van der Waals surface area (Å²) in [5, 5.41) is 4.63. The highest BCUT2D eigenvalue weighted by Crippen LogP contribution is 2.48. The molecule has 0 amide bonds. The Morgan fingerprint density at radius 1 is 1.20 bits per heavy atom. The lowest BCUT2D eigenvalue weighted by Gasteiger charge is -2.49. The second-order valence-electron chi connectivity index (χ2n) is 8.04. The van der Waals surface area contributed by atoms with Gasteiger partial charge in [-0.2, -0.15) is 17.9 Å². The van der Waals surface area contributed by atoms with Crippen LogP contribution >= 0.6 is 0 Å². The van der Waals surface area contributed by atoms with Crippen LogP contribution in [-0.4, -0.2) is 24.6 Å². The number of nitrogens with zero attached hydrogens (tertiary/aromatic N) is 2. The zero-order valence-electron chi connectivity index (χ0n) is 14.9. The summed E-state index contributed by atoms with van der Waals surface area (Å²) in [6.07, 6.45) is 6.31. The van der Waals surface area contributed by atoms with Gasteiger partial charge in [-0.3, -0.25) is 0 Å². The number of hydrogen-bond acceptors (Lipinski definition) is 3. The molecule has 1 aliphatic carbocycles. The molecule has 4 nitrogen and oxygen atoms in total. The summed E-state index contributed by atoms with van der Waals surface area (Å²) in [4.78, 5) is 0.531. The van der Waals surface area contributed by atoms with Gasteiger partial charge in [-0.1, -0.05) is 61.9 Å². The quantitative estimate of drug-likeness (QED) is 0.712. The second-order valence-corrected chi connectivity index (χ2v) is 9.83. The fraction of sp³-hybridized carbons (Fsp3) is 0.450. The Bertz CT molecular complexity index is 895. The maximum Gasteiger partial charge on any atom is 0.275 e. The van der Waals surface area contributed by atoms with E-state index in [4.69, 9.17) is 0 Å². The smallest absolute Gasteiger partial charge is 0.200 e. The first kappa shape index (κ1) is 16.6. The molecule has 3 aliphatic rings. The Morgan fingerprint density at radius 3 is 2.64 bits per heavy atom. The van der Waals surface area contributed by atoms with Crippen molar-refractivity contribution in [3.63, 3.8) is 0 Å². The molecule has 0 bridgehead atoms. The predicted molar refractivity (Wildman–Crippen MR) is 100 cm³/mol. The van der Waals surface area contributed by atoms with Crippen molar-refractivity contribution >= 4 is 15.7 Å². The molecular weight excluding hydrogens is 332 g/mol. The van der Waals surface area contributed by atoms with Gasteiger partial charge in [0, 0.05) is 5.92 Å². The lowest BCUT2D eigenvalue weighted by atomic mass is 9.73. The Morgan fingerprint density at radius 2 is 1.92 bits per heavy atom. The molecule has 1 saturated heterocycles. The first-order chi connectivity index (χ1) is 11.8. The average Bonchev–Trinajstić information content (AvgIpc) is 2.56. The van der Waals surface area contributed by atoms with Crippen molar-refractivity contribution in [3.05, 3.63) is 58.5 Å². The highest BCUT2D eigenvalue weighted by atomic mass is 32.2. The lowest BCUT2D eigenvalue weighted by molar-refractivity contribution is 0.127. The van der Waals surface area contributed by atoms with Crippen LogP contribution in [0, 0.1) is 11.3 Å². The third-order valence-corrected chi connectivity index (χ3v) is 7.51. The van der Waals surface area contributed by atoms with E-state index in [1.807, 2.05) is 36.4 Å². The standard InChI is InChI=1S/C20H24N2O2S/c1-14-9-10-18-16(11-14)12-19-20(2,3)13-17(15-7-5-4-6-8-15)21-22(19)25(18,23)24/h4-8,10-11,16,19H,9,12-13H2,1-3H3/t16-,19-/m0/s1. The SMILES string of the molecule is CC1=C[C@H]2C[C@@H]3N(N=C(c4ccccc4)CC3(C)C)S(=O)(=O)C2=CC1. The summed E-state index contributed by atoms with van der Waals surface area (Å²) in [7, 11) is -3.56. The van der Waals surface area contributed by atoms with E-state index in [1.165, 1.54) is 9.99 Å². The third kappa shape index (κ3) is 2.65. The Hall–Kier alpha value is -1.88. The fourth-order valence-electron chi connectivity index (χ4n) is 4.23. The van der Waals surface area contributed by atoms with E-state index in [0.29, 0.717) is 11.3 Å². The van der Waals surface area contributed by atoms with E-state index in [-0.39, 0.29) is 17.4 Å². The minimum atomic E-state index is -3.56. The van der Waals surface area contributed by atoms with Gasteiger partial charge in [0.15, 0.2) is 0 Å². The van der Waals surface area contributed by atoms with Crippen LogP contribution < -0.4 is 0 Å². The number of sulfonamides is 1. The molecule has 0 aromatic heterocycles.